The quantitative estimate of drug-likeness (QED) is 0.264. The van der Waals surface area contributed by atoms with Crippen LogP contribution in [-0.4, -0.2) is 94.8 Å². The molecule has 16 heteroatoms. The van der Waals surface area contributed by atoms with Crippen molar-refractivity contribution in [2.45, 2.75) is 64.1 Å². The number of fused-ring (bicyclic) bond motifs is 2. The van der Waals surface area contributed by atoms with Crippen LogP contribution >= 0.6 is 0 Å². The third kappa shape index (κ3) is 6.71. The Kier molecular flexibility index (Phi) is 8.00. The number of carbonyl (C=O) groups excluding carboxylic acids is 2. The number of Topliss-reactive ketones (excluding diaryl/α,β-unsaturated/α-hetero) is 1. The van der Waals surface area contributed by atoms with E-state index in [1.54, 1.807) is 31.7 Å². The zero-order chi connectivity index (χ0) is 32.8. The molecule has 4 aromatic rings. The van der Waals surface area contributed by atoms with Crippen LogP contribution in [0.2, 0.25) is 0 Å². The summed E-state index contributed by atoms with van der Waals surface area (Å²) in [5.74, 6) is -0.523. The van der Waals surface area contributed by atoms with Crippen molar-refractivity contribution in [1.82, 2.24) is 39.3 Å². The molecule has 2 aliphatic rings. The van der Waals surface area contributed by atoms with E-state index in [9.17, 15) is 27.6 Å². The molecule has 242 valence electrons. The molecule has 1 amide bonds. The van der Waals surface area contributed by atoms with E-state index in [0.717, 1.165) is 0 Å². The zero-order valence-electron chi connectivity index (χ0n) is 25.3. The van der Waals surface area contributed by atoms with Gasteiger partial charge in [0.1, 0.15) is 23.7 Å². The number of piperazine rings is 1. The van der Waals surface area contributed by atoms with Crippen molar-refractivity contribution in [2.75, 3.05) is 19.7 Å². The van der Waals surface area contributed by atoms with Crippen molar-refractivity contribution in [1.29, 1.82) is 0 Å². The molecule has 1 aliphatic heterocycles. The smallest absolute Gasteiger partial charge is 0.422 e. The molecule has 1 saturated heterocycles. The van der Waals surface area contributed by atoms with Gasteiger partial charge < -0.3 is 14.4 Å². The number of ketones is 1. The normalized spacial score (nSPS) is 18.3. The third-order valence-corrected chi connectivity index (χ3v) is 7.57. The molecule has 0 bridgehead atoms. The lowest BCUT2D eigenvalue weighted by atomic mass is 10.1. The summed E-state index contributed by atoms with van der Waals surface area (Å²) in [6, 6.07) is 6.80. The van der Waals surface area contributed by atoms with E-state index in [1.165, 1.54) is 52.2 Å². The van der Waals surface area contributed by atoms with Gasteiger partial charge in [0.25, 0.3) is 5.56 Å². The number of pyridine rings is 1. The molecule has 46 heavy (non-hydrogen) atoms. The van der Waals surface area contributed by atoms with E-state index in [-0.39, 0.29) is 59.0 Å². The van der Waals surface area contributed by atoms with Crippen LogP contribution in [0.25, 0.3) is 16.7 Å². The minimum absolute atomic E-state index is 0.0403. The molecule has 2 unspecified atom stereocenters. The molecule has 0 spiro atoms. The van der Waals surface area contributed by atoms with Crippen LogP contribution < -0.4 is 10.3 Å². The molecular formula is C30H31F3N8O5. The molecule has 1 aliphatic carbocycles. The average molecular weight is 641 g/mol. The Morgan fingerprint density at radius 1 is 1.02 bits per heavy atom. The molecule has 13 nitrogen and oxygen atoms in total. The Hall–Kier alpha value is -4.86. The highest BCUT2D eigenvalue weighted by Gasteiger charge is 2.51. The second kappa shape index (κ2) is 11.8. The number of nitrogens with zero attached hydrogens (tertiary/aromatic N) is 8. The van der Waals surface area contributed by atoms with Gasteiger partial charge >= 0.3 is 12.3 Å². The summed E-state index contributed by atoms with van der Waals surface area (Å²) in [5, 5.41) is 8.00. The van der Waals surface area contributed by atoms with Crippen molar-refractivity contribution in [3.63, 3.8) is 0 Å². The van der Waals surface area contributed by atoms with Crippen molar-refractivity contribution >= 4 is 22.9 Å². The topological polar surface area (TPSA) is 138 Å². The maximum Gasteiger partial charge on any atom is 0.422 e. The van der Waals surface area contributed by atoms with Gasteiger partial charge in [-0.15, -0.1) is 0 Å². The summed E-state index contributed by atoms with van der Waals surface area (Å²) < 4.78 is 51.7. The lowest BCUT2D eigenvalue weighted by Crippen LogP contribution is -2.50. The molecule has 6 rings (SSSR count). The molecule has 1 aromatic carbocycles. The van der Waals surface area contributed by atoms with Crippen molar-refractivity contribution < 1.29 is 32.2 Å². The Morgan fingerprint density at radius 3 is 2.50 bits per heavy atom. The standard InChI is InChI=1S/C30H31F3N8O5/c1-29(2,3)46-28(44)39-12-11-38(20-14-21(20)39)16-25-37-26-19(5-4-8-34-26)27(43)41(25)22-13-18(23(42)15-40-35-9-10-36-40)6-7-24(22)45-17-30(31,32)33/h4-10,13,20-21H,11-12,14-17H2,1-3H3. The number of hydrogen-bond acceptors (Lipinski definition) is 10. The largest absolute Gasteiger partial charge is 0.482 e. The van der Waals surface area contributed by atoms with Crippen LogP contribution in [0.1, 0.15) is 43.4 Å². The Balaban J connectivity index is 1.39. The van der Waals surface area contributed by atoms with Gasteiger partial charge in [-0.2, -0.15) is 28.2 Å². The molecule has 3 aromatic heterocycles. The average Bonchev–Trinajstić information content (AvgIpc) is 3.63. The molecule has 4 heterocycles. The van der Waals surface area contributed by atoms with E-state index in [4.69, 9.17) is 9.47 Å². The summed E-state index contributed by atoms with van der Waals surface area (Å²) in [7, 11) is 0. The maximum atomic E-state index is 14.1. The number of amides is 1. The highest BCUT2D eigenvalue weighted by molar-refractivity contribution is 5.96. The fraction of sp³-hybridized carbons (Fsp3) is 0.433. The van der Waals surface area contributed by atoms with Crippen LogP contribution in [-0.2, 0) is 17.8 Å². The zero-order valence-corrected chi connectivity index (χ0v) is 25.3. The van der Waals surface area contributed by atoms with Gasteiger partial charge in [-0.05, 0) is 57.5 Å². The molecule has 0 N–H and O–H groups in total. The Labute approximate surface area is 260 Å². The molecule has 0 radical (unpaired) electrons. The first-order valence-electron chi connectivity index (χ1n) is 14.6. The highest BCUT2D eigenvalue weighted by atomic mass is 19.4. The number of rotatable bonds is 8. The SMILES string of the molecule is CC(C)(C)OC(=O)N1CCN(Cc2nc3ncccc3c(=O)n2-c2cc(C(=O)Cn3nccn3)ccc2OCC(F)(F)F)C2CC21. The first kappa shape index (κ1) is 31.1. The van der Waals surface area contributed by atoms with Crippen molar-refractivity contribution in [3.8, 4) is 11.4 Å². The summed E-state index contributed by atoms with van der Waals surface area (Å²) in [6.45, 7) is 4.46. The number of alkyl halides is 3. The number of aromatic nitrogens is 6. The number of benzene rings is 1. The molecule has 2 fully saturated rings. The van der Waals surface area contributed by atoms with Gasteiger partial charge in [-0.1, -0.05) is 0 Å². The summed E-state index contributed by atoms with van der Waals surface area (Å²) in [5.41, 5.74) is -1.06. The second-order valence-corrected chi connectivity index (χ2v) is 12.1. The molecule has 2 atom stereocenters. The minimum Gasteiger partial charge on any atom is -0.482 e. The number of carbonyl (C=O) groups is 2. The number of hydrogen-bond donors (Lipinski definition) is 0. The van der Waals surface area contributed by atoms with Crippen LogP contribution in [0.15, 0.2) is 53.7 Å². The third-order valence-electron chi connectivity index (χ3n) is 7.57. The van der Waals surface area contributed by atoms with Gasteiger partial charge in [0.05, 0.1) is 36.1 Å². The predicted molar refractivity (Wildman–Crippen MR) is 157 cm³/mol. The lowest BCUT2D eigenvalue weighted by molar-refractivity contribution is -0.153. The summed E-state index contributed by atoms with van der Waals surface area (Å²) >= 11 is 0. The minimum atomic E-state index is -4.66. The van der Waals surface area contributed by atoms with E-state index in [0.29, 0.717) is 19.5 Å². The van der Waals surface area contributed by atoms with Gasteiger partial charge in [0.2, 0.25) is 0 Å². The Bertz CT molecular complexity index is 1840. The number of halogens is 3. The molecular weight excluding hydrogens is 609 g/mol. The van der Waals surface area contributed by atoms with E-state index < -0.39 is 35.8 Å². The van der Waals surface area contributed by atoms with E-state index in [2.05, 4.69) is 25.1 Å². The van der Waals surface area contributed by atoms with E-state index >= 15 is 0 Å². The second-order valence-electron chi connectivity index (χ2n) is 12.1. The molecule has 1 saturated carbocycles. The first-order valence-corrected chi connectivity index (χ1v) is 14.6. The summed E-state index contributed by atoms with van der Waals surface area (Å²) in [6.07, 6.45) is -0.0781. The predicted octanol–water partition coefficient (Wildman–Crippen LogP) is 3.39. The van der Waals surface area contributed by atoms with Gasteiger partial charge in [0, 0.05) is 30.9 Å². The number of ether oxygens (including phenoxy) is 2. The van der Waals surface area contributed by atoms with Gasteiger partial charge in [-0.3, -0.25) is 19.1 Å². The first-order chi connectivity index (χ1) is 21.8. The Morgan fingerprint density at radius 2 is 1.78 bits per heavy atom. The van der Waals surface area contributed by atoms with Crippen LogP contribution in [0.3, 0.4) is 0 Å². The fourth-order valence-electron chi connectivity index (χ4n) is 5.50. The van der Waals surface area contributed by atoms with Crippen LogP contribution in [0, 0.1) is 0 Å². The monoisotopic (exact) mass is 640 g/mol. The van der Waals surface area contributed by atoms with Gasteiger partial charge in [0.15, 0.2) is 18.0 Å². The van der Waals surface area contributed by atoms with E-state index in [1.807, 2.05) is 0 Å². The van der Waals surface area contributed by atoms with Crippen LogP contribution in [0.5, 0.6) is 5.75 Å². The lowest BCUT2D eigenvalue weighted by Gasteiger charge is -2.35. The van der Waals surface area contributed by atoms with Crippen molar-refractivity contribution in [3.05, 3.63) is 70.7 Å². The van der Waals surface area contributed by atoms with Gasteiger partial charge in [-0.25, -0.2) is 14.8 Å². The highest BCUT2D eigenvalue weighted by Crippen LogP contribution is 2.38. The van der Waals surface area contributed by atoms with Crippen molar-refractivity contribution in [2.24, 2.45) is 0 Å². The summed E-state index contributed by atoms with van der Waals surface area (Å²) in [4.78, 5) is 53.8. The maximum absolute atomic E-state index is 14.1. The fourth-order valence-corrected chi connectivity index (χ4v) is 5.50. The van der Waals surface area contributed by atoms with Crippen LogP contribution in [0.4, 0.5) is 18.0 Å².